The van der Waals surface area contributed by atoms with Gasteiger partial charge < -0.3 is 24.7 Å². The Bertz CT molecular complexity index is 1260. The van der Waals surface area contributed by atoms with Crippen LogP contribution in [0, 0.1) is 0 Å². The molecular formula is C29H36N4O5. The molecule has 0 unspecified atom stereocenters. The number of urea groups is 1. The topological polar surface area (TPSA) is 113 Å². The summed E-state index contributed by atoms with van der Waals surface area (Å²) < 4.78 is 11.3. The van der Waals surface area contributed by atoms with Crippen LogP contribution in [0.25, 0.3) is 11.0 Å². The fraction of sp³-hybridized carbons (Fsp3) is 0.414. The van der Waals surface area contributed by atoms with Gasteiger partial charge in [0.15, 0.2) is 5.54 Å². The van der Waals surface area contributed by atoms with E-state index in [1.54, 1.807) is 31.4 Å². The van der Waals surface area contributed by atoms with Crippen LogP contribution in [0.1, 0.15) is 50.4 Å². The molecule has 3 N–H and O–H groups in total. The first-order chi connectivity index (χ1) is 18.4. The molecule has 0 radical (unpaired) electrons. The van der Waals surface area contributed by atoms with Crippen LogP contribution in [0.5, 0.6) is 0 Å². The number of furan rings is 1. The van der Waals surface area contributed by atoms with Gasteiger partial charge in [-0.15, -0.1) is 0 Å². The lowest BCUT2D eigenvalue weighted by atomic mass is 9.94. The van der Waals surface area contributed by atoms with Crippen molar-refractivity contribution < 1.29 is 23.5 Å². The summed E-state index contributed by atoms with van der Waals surface area (Å²) in [4.78, 5) is 38.7. The molecule has 9 heteroatoms. The molecule has 1 aromatic carbocycles. The normalized spacial score (nSPS) is 20.5. The zero-order valence-corrected chi connectivity index (χ0v) is 22.0. The molecule has 202 valence electrons. The van der Waals surface area contributed by atoms with E-state index < -0.39 is 17.5 Å². The van der Waals surface area contributed by atoms with Gasteiger partial charge in [-0.2, -0.15) is 0 Å². The minimum atomic E-state index is -1.57. The van der Waals surface area contributed by atoms with E-state index in [0.717, 1.165) is 17.5 Å². The highest BCUT2D eigenvalue weighted by molar-refractivity contribution is 6.07. The lowest BCUT2D eigenvalue weighted by Gasteiger charge is -2.29. The number of nitrogens with one attached hydrogen (secondary N) is 3. The maximum Gasteiger partial charge on any atom is 0.322 e. The van der Waals surface area contributed by atoms with Crippen molar-refractivity contribution in [3.8, 4) is 0 Å². The molecule has 9 nitrogen and oxygen atoms in total. The number of methoxy groups -OCH3 is 1. The van der Waals surface area contributed by atoms with Crippen LogP contribution in [0.4, 0.5) is 4.79 Å². The van der Waals surface area contributed by atoms with Crippen molar-refractivity contribution in [2.45, 2.75) is 57.2 Å². The van der Waals surface area contributed by atoms with Crippen molar-refractivity contribution in [2.24, 2.45) is 0 Å². The predicted octanol–water partition coefficient (Wildman–Crippen LogP) is 4.01. The van der Waals surface area contributed by atoms with Gasteiger partial charge in [0.05, 0.1) is 13.7 Å². The second-order valence-electron chi connectivity index (χ2n) is 9.91. The van der Waals surface area contributed by atoms with E-state index >= 15 is 0 Å². The van der Waals surface area contributed by atoms with Gasteiger partial charge in [0, 0.05) is 24.5 Å². The number of benzene rings is 1. The minimum absolute atomic E-state index is 0.127. The monoisotopic (exact) mass is 520 g/mol. The van der Waals surface area contributed by atoms with E-state index in [2.05, 4.69) is 22.5 Å². The highest BCUT2D eigenvalue weighted by atomic mass is 16.5. The number of nitrogens with zero attached hydrogens (tertiary/aromatic N) is 1. The Morgan fingerprint density at radius 3 is 2.68 bits per heavy atom. The van der Waals surface area contributed by atoms with Crippen molar-refractivity contribution in [1.82, 2.24) is 20.9 Å². The Kier molecular flexibility index (Phi) is 8.68. The van der Waals surface area contributed by atoms with Crippen LogP contribution in [0.15, 0.2) is 64.8 Å². The van der Waals surface area contributed by atoms with Crippen molar-refractivity contribution in [3.63, 3.8) is 0 Å². The summed E-state index contributed by atoms with van der Waals surface area (Å²) in [6.45, 7) is 6.60. The minimum Gasteiger partial charge on any atom is -0.497 e. The number of carbonyl (C=O) groups is 3. The molecule has 0 spiro atoms. The van der Waals surface area contributed by atoms with Crippen LogP contribution in [0.2, 0.25) is 0 Å². The molecular weight excluding hydrogens is 484 g/mol. The molecule has 1 saturated carbocycles. The quantitative estimate of drug-likeness (QED) is 0.169. The summed E-state index contributed by atoms with van der Waals surface area (Å²) in [5.41, 5.74) is 0.757. The summed E-state index contributed by atoms with van der Waals surface area (Å²) in [6, 6.07) is 7.56. The highest BCUT2D eigenvalue weighted by Gasteiger charge is 2.51. The summed E-state index contributed by atoms with van der Waals surface area (Å²) in [7, 11) is 1.56. The summed E-state index contributed by atoms with van der Waals surface area (Å²) in [6.07, 6.45) is 12.2. The van der Waals surface area contributed by atoms with Crippen LogP contribution in [-0.2, 0) is 26.4 Å². The number of imide groups is 1. The third-order valence-corrected chi connectivity index (χ3v) is 7.14. The first kappa shape index (κ1) is 27.2. The lowest BCUT2D eigenvalue weighted by molar-refractivity contribution is -0.127. The average molecular weight is 521 g/mol. The van der Waals surface area contributed by atoms with Crippen LogP contribution < -0.4 is 16.0 Å². The average Bonchev–Trinajstić information content (AvgIpc) is 3.48. The number of hydrogen-bond donors (Lipinski definition) is 3. The number of fused-ring (bicyclic) bond motifs is 1. The Hall–Kier alpha value is -3.85. The van der Waals surface area contributed by atoms with Crippen LogP contribution >= 0.6 is 0 Å². The highest BCUT2D eigenvalue weighted by Crippen LogP contribution is 2.32. The second kappa shape index (κ2) is 12.1. The van der Waals surface area contributed by atoms with Gasteiger partial charge in [-0.1, -0.05) is 38.0 Å². The molecule has 1 atom stereocenters. The molecule has 1 aliphatic carbocycles. The molecule has 38 heavy (non-hydrogen) atoms. The molecule has 0 bridgehead atoms. The molecule has 4 amide bonds. The third-order valence-electron chi connectivity index (χ3n) is 7.14. The lowest BCUT2D eigenvalue weighted by Crippen LogP contribution is -2.52. The summed E-state index contributed by atoms with van der Waals surface area (Å²) >= 11 is 0. The summed E-state index contributed by atoms with van der Waals surface area (Å²) in [5, 5.41) is 9.45. The molecule has 1 aliphatic heterocycles. The van der Waals surface area contributed by atoms with E-state index in [1.807, 2.05) is 25.1 Å². The molecule has 2 aromatic rings. The van der Waals surface area contributed by atoms with E-state index in [-0.39, 0.29) is 18.8 Å². The van der Waals surface area contributed by atoms with E-state index in [9.17, 15) is 14.4 Å². The number of ether oxygens (including phenoxy) is 1. The van der Waals surface area contributed by atoms with Crippen LogP contribution in [-0.4, -0.2) is 49.5 Å². The van der Waals surface area contributed by atoms with Crippen LogP contribution in [0.3, 0.4) is 0 Å². The van der Waals surface area contributed by atoms with Crippen molar-refractivity contribution >= 4 is 29.3 Å². The summed E-state index contributed by atoms with van der Waals surface area (Å²) in [5.74, 6) is 0.333. The van der Waals surface area contributed by atoms with Gasteiger partial charge in [-0.3, -0.25) is 14.9 Å². The molecule has 2 fully saturated rings. The predicted molar refractivity (Wildman–Crippen MR) is 145 cm³/mol. The molecule has 2 heterocycles. The molecule has 1 aromatic heterocycles. The fourth-order valence-electron chi connectivity index (χ4n) is 5.07. The number of allylic oxidation sites excluding steroid dienone is 2. The number of carbonyl (C=O) groups excluding carboxylic acids is 3. The standard InChI is InChI=1S/C29H36N4O5/c1-4-24(37-3)12-10-20(2)17-33(19-34)18-29(27(35)31-28(36)32-29)26-15-22-14-21(11-13-25(22)38-26)16-30-23-8-6-5-7-9-23/h4,10-15,19,23,30H,2,5-9,16-18H2,1,3H3,(H2,31,32,35,36)/b12-10-,24-4+/t29-/m0/s1. The zero-order chi connectivity index (χ0) is 27.1. The SMILES string of the molecule is C=C(/C=C\C(=C/C)OC)CN(C=O)C[C@@]1(c2cc3cc(CNC4CCCCC4)ccc3o2)NC(=O)NC1=O. The van der Waals surface area contributed by atoms with Crippen molar-refractivity contribution in [3.05, 3.63) is 71.7 Å². The van der Waals surface area contributed by atoms with Gasteiger partial charge in [-0.25, -0.2) is 4.79 Å². The van der Waals surface area contributed by atoms with Crippen molar-refractivity contribution in [1.29, 1.82) is 0 Å². The molecule has 1 saturated heterocycles. The number of amides is 4. The van der Waals surface area contributed by atoms with Gasteiger partial charge >= 0.3 is 6.03 Å². The van der Waals surface area contributed by atoms with Gasteiger partial charge in [0.2, 0.25) is 6.41 Å². The first-order valence-electron chi connectivity index (χ1n) is 13.0. The Morgan fingerprint density at radius 1 is 1.24 bits per heavy atom. The molecule has 2 aliphatic rings. The third kappa shape index (κ3) is 6.16. The fourth-order valence-corrected chi connectivity index (χ4v) is 5.07. The number of hydrogen-bond acceptors (Lipinski definition) is 6. The first-order valence-corrected chi connectivity index (χ1v) is 13.0. The largest absolute Gasteiger partial charge is 0.497 e. The van der Waals surface area contributed by atoms with Crippen molar-refractivity contribution in [2.75, 3.05) is 20.2 Å². The van der Waals surface area contributed by atoms with E-state index in [0.29, 0.717) is 29.4 Å². The van der Waals surface area contributed by atoms with E-state index in [1.165, 1.54) is 37.0 Å². The maximum atomic E-state index is 13.1. The van der Waals surface area contributed by atoms with E-state index in [4.69, 9.17) is 9.15 Å². The van der Waals surface area contributed by atoms with Gasteiger partial charge in [0.1, 0.15) is 17.1 Å². The zero-order valence-electron chi connectivity index (χ0n) is 22.0. The Labute approximate surface area is 222 Å². The Morgan fingerprint density at radius 2 is 2.03 bits per heavy atom. The maximum absolute atomic E-state index is 13.1. The molecule has 4 rings (SSSR count). The van der Waals surface area contributed by atoms with Gasteiger partial charge in [-0.05, 0) is 61.3 Å². The second-order valence-corrected chi connectivity index (χ2v) is 9.91. The Balaban J connectivity index is 1.54. The number of rotatable bonds is 12. The van der Waals surface area contributed by atoms with Gasteiger partial charge in [0.25, 0.3) is 5.91 Å². The smallest absolute Gasteiger partial charge is 0.322 e.